The summed E-state index contributed by atoms with van der Waals surface area (Å²) in [5.41, 5.74) is 3.10. The van der Waals surface area contributed by atoms with E-state index in [0.717, 1.165) is 29.0 Å². The molecule has 0 radical (unpaired) electrons. The third-order valence-electron chi connectivity index (χ3n) is 4.63. The van der Waals surface area contributed by atoms with Crippen molar-refractivity contribution in [2.75, 3.05) is 5.75 Å². The van der Waals surface area contributed by atoms with E-state index in [0.29, 0.717) is 5.75 Å². The number of nitrogens with zero attached hydrogens (tertiary/aromatic N) is 1. The summed E-state index contributed by atoms with van der Waals surface area (Å²) < 4.78 is 18.7. The summed E-state index contributed by atoms with van der Waals surface area (Å²) >= 11 is 1.59. The Balaban J connectivity index is 1.66. The van der Waals surface area contributed by atoms with Gasteiger partial charge in [0.15, 0.2) is 0 Å². The van der Waals surface area contributed by atoms with Gasteiger partial charge in [-0.1, -0.05) is 25.1 Å². The number of carbonyl (C=O) groups excluding carboxylic acids is 1. The molecule has 5 heteroatoms. The Morgan fingerprint density at radius 2 is 2.00 bits per heavy atom. The SMILES string of the molecule is CC1CC(c2ccco2)=CC=C1N1C(=O)CSC1c1ccc(F)cc1. The number of halogens is 1. The number of thioether (sulfide) groups is 1. The minimum Gasteiger partial charge on any atom is -0.465 e. The molecule has 2 atom stereocenters. The number of furan rings is 1. The van der Waals surface area contributed by atoms with Crippen molar-refractivity contribution in [2.45, 2.75) is 18.7 Å². The lowest BCUT2D eigenvalue weighted by molar-refractivity contribution is -0.126. The third-order valence-corrected chi connectivity index (χ3v) is 5.84. The summed E-state index contributed by atoms with van der Waals surface area (Å²) in [6.07, 6.45) is 6.55. The minimum atomic E-state index is -0.263. The van der Waals surface area contributed by atoms with Gasteiger partial charge in [0.05, 0.1) is 12.0 Å². The fourth-order valence-electron chi connectivity index (χ4n) is 3.39. The molecule has 128 valence electrons. The summed E-state index contributed by atoms with van der Waals surface area (Å²) in [6.45, 7) is 2.12. The second kappa shape index (κ2) is 6.56. The Morgan fingerprint density at radius 3 is 2.68 bits per heavy atom. The fourth-order valence-corrected chi connectivity index (χ4v) is 4.57. The molecule has 0 spiro atoms. The van der Waals surface area contributed by atoms with E-state index in [1.165, 1.54) is 12.1 Å². The summed E-state index contributed by atoms with van der Waals surface area (Å²) in [5, 5.41) is -0.0969. The molecule has 0 bridgehead atoms. The highest BCUT2D eigenvalue weighted by Gasteiger charge is 2.37. The van der Waals surface area contributed by atoms with Crippen molar-refractivity contribution in [3.8, 4) is 0 Å². The first kappa shape index (κ1) is 16.2. The van der Waals surface area contributed by atoms with Crippen molar-refractivity contribution in [1.29, 1.82) is 0 Å². The first-order valence-electron chi connectivity index (χ1n) is 8.27. The van der Waals surface area contributed by atoms with Gasteiger partial charge in [-0.05, 0) is 47.9 Å². The van der Waals surface area contributed by atoms with Gasteiger partial charge < -0.3 is 4.42 Å². The smallest absolute Gasteiger partial charge is 0.238 e. The van der Waals surface area contributed by atoms with Crippen LogP contribution >= 0.6 is 11.8 Å². The molecule has 25 heavy (non-hydrogen) atoms. The molecule has 1 aliphatic carbocycles. The standard InChI is InChI=1S/C20H18FNO2S/c1-13-11-15(18-3-2-10-24-18)6-9-17(13)22-19(23)12-25-20(22)14-4-7-16(21)8-5-14/h2-10,13,20H,11-12H2,1H3. The molecule has 2 heterocycles. The highest BCUT2D eigenvalue weighted by Crippen LogP contribution is 2.45. The first-order valence-corrected chi connectivity index (χ1v) is 9.32. The predicted octanol–water partition coefficient (Wildman–Crippen LogP) is 5.00. The number of hydrogen-bond donors (Lipinski definition) is 0. The van der Waals surface area contributed by atoms with Gasteiger partial charge in [-0.3, -0.25) is 9.69 Å². The number of allylic oxidation sites excluding steroid dienone is 4. The highest BCUT2D eigenvalue weighted by atomic mass is 32.2. The van der Waals surface area contributed by atoms with E-state index in [1.54, 1.807) is 30.2 Å². The zero-order valence-electron chi connectivity index (χ0n) is 13.8. The Bertz CT molecular complexity index is 839. The maximum atomic E-state index is 13.2. The molecular weight excluding hydrogens is 337 g/mol. The molecule has 1 aliphatic heterocycles. The Kier molecular flexibility index (Phi) is 4.25. The predicted molar refractivity (Wildman–Crippen MR) is 97.0 cm³/mol. The van der Waals surface area contributed by atoms with Gasteiger partial charge in [-0.2, -0.15) is 0 Å². The van der Waals surface area contributed by atoms with Crippen LogP contribution in [0.2, 0.25) is 0 Å². The average molecular weight is 355 g/mol. The number of benzene rings is 1. The van der Waals surface area contributed by atoms with Crippen LogP contribution in [0.1, 0.15) is 30.0 Å². The summed E-state index contributed by atoms with van der Waals surface area (Å²) in [4.78, 5) is 14.4. The lowest BCUT2D eigenvalue weighted by Crippen LogP contribution is -2.31. The van der Waals surface area contributed by atoms with E-state index in [1.807, 2.05) is 29.2 Å². The fraction of sp³-hybridized carbons (Fsp3) is 0.250. The summed E-state index contributed by atoms with van der Waals surface area (Å²) in [6, 6.07) is 10.3. The van der Waals surface area contributed by atoms with Crippen molar-refractivity contribution >= 4 is 23.2 Å². The molecule has 3 nitrogen and oxygen atoms in total. The number of hydrogen-bond acceptors (Lipinski definition) is 3. The van der Waals surface area contributed by atoms with Gasteiger partial charge in [0.25, 0.3) is 0 Å². The maximum Gasteiger partial charge on any atom is 0.238 e. The highest BCUT2D eigenvalue weighted by molar-refractivity contribution is 8.00. The van der Waals surface area contributed by atoms with Crippen LogP contribution < -0.4 is 0 Å². The zero-order valence-corrected chi connectivity index (χ0v) is 14.6. The van der Waals surface area contributed by atoms with Gasteiger partial charge in [0.1, 0.15) is 17.0 Å². The van der Waals surface area contributed by atoms with E-state index in [4.69, 9.17) is 4.42 Å². The van der Waals surface area contributed by atoms with Crippen molar-refractivity contribution in [3.05, 3.63) is 77.7 Å². The Hall–Kier alpha value is -2.27. The van der Waals surface area contributed by atoms with Crippen LogP contribution in [0, 0.1) is 11.7 Å². The van der Waals surface area contributed by atoms with Gasteiger partial charge in [0.2, 0.25) is 5.91 Å². The molecule has 4 rings (SSSR count). The second-order valence-electron chi connectivity index (χ2n) is 6.34. The number of amides is 1. The van der Waals surface area contributed by atoms with Crippen LogP contribution in [0.25, 0.3) is 5.57 Å². The average Bonchev–Trinajstić information content (AvgIpc) is 3.26. The van der Waals surface area contributed by atoms with E-state index in [-0.39, 0.29) is 23.0 Å². The molecule has 2 aliphatic rings. The molecule has 1 aromatic carbocycles. The molecule has 0 N–H and O–H groups in total. The number of rotatable bonds is 3. The van der Waals surface area contributed by atoms with Crippen molar-refractivity contribution in [1.82, 2.24) is 4.90 Å². The molecule has 2 unspecified atom stereocenters. The monoisotopic (exact) mass is 355 g/mol. The molecule has 1 amide bonds. The molecule has 1 fully saturated rings. The third kappa shape index (κ3) is 3.04. The van der Waals surface area contributed by atoms with Crippen LogP contribution in [0.5, 0.6) is 0 Å². The van der Waals surface area contributed by atoms with E-state index in [2.05, 4.69) is 6.92 Å². The minimum absolute atomic E-state index is 0.0969. The summed E-state index contributed by atoms with van der Waals surface area (Å²) in [7, 11) is 0. The van der Waals surface area contributed by atoms with Crippen molar-refractivity contribution < 1.29 is 13.6 Å². The lowest BCUT2D eigenvalue weighted by atomic mass is 9.90. The van der Waals surface area contributed by atoms with Crippen LogP contribution in [0.4, 0.5) is 4.39 Å². The zero-order chi connectivity index (χ0) is 17.4. The van der Waals surface area contributed by atoms with Crippen molar-refractivity contribution in [2.24, 2.45) is 5.92 Å². The molecule has 1 aromatic heterocycles. The van der Waals surface area contributed by atoms with Crippen LogP contribution in [-0.4, -0.2) is 16.6 Å². The number of carbonyl (C=O) groups is 1. The van der Waals surface area contributed by atoms with E-state index < -0.39 is 0 Å². The van der Waals surface area contributed by atoms with Crippen LogP contribution in [0.3, 0.4) is 0 Å². The topological polar surface area (TPSA) is 33.5 Å². The van der Waals surface area contributed by atoms with E-state index >= 15 is 0 Å². The van der Waals surface area contributed by atoms with Gasteiger partial charge in [-0.15, -0.1) is 11.8 Å². The summed E-state index contributed by atoms with van der Waals surface area (Å²) in [5.74, 6) is 1.36. The molecule has 2 aromatic rings. The second-order valence-corrected chi connectivity index (χ2v) is 7.41. The Morgan fingerprint density at radius 1 is 1.20 bits per heavy atom. The maximum absolute atomic E-state index is 13.2. The van der Waals surface area contributed by atoms with Crippen molar-refractivity contribution in [3.63, 3.8) is 0 Å². The van der Waals surface area contributed by atoms with Gasteiger partial charge in [-0.25, -0.2) is 4.39 Å². The van der Waals surface area contributed by atoms with Gasteiger partial charge >= 0.3 is 0 Å². The molecule has 1 saturated heterocycles. The van der Waals surface area contributed by atoms with Gasteiger partial charge in [0, 0.05) is 11.6 Å². The Labute approximate surface area is 150 Å². The normalized spacial score (nSPS) is 23.6. The van der Waals surface area contributed by atoms with Crippen LogP contribution in [-0.2, 0) is 4.79 Å². The quantitative estimate of drug-likeness (QED) is 0.777. The lowest BCUT2D eigenvalue weighted by Gasteiger charge is -2.32. The largest absolute Gasteiger partial charge is 0.465 e. The van der Waals surface area contributed by atoms with Crippen LogP contribution in [0.15, 0.2) is 64.9 Å². The van der Waals surface area contributed by atoms with E-state index in [9.17, 15) is 9.18 Å². The molecular formula is C20H18FNO2S. The molecule has 0 saturated carbocycles. The first-order chi connectivity index (χ1) is 12.1.